The molecule has 20 heavy (non-hydrogen) atoms. The Morgan fingerprint density at radius 3 is 2.55 bits per heavy atom. The van der Waals surface area contributed by atoms with Gasteiger partial charge in [0.2, 0.25) is 0 Å². The molecule has 0 saturated carbocycles. The molecule has 2 unspecified atom stereocenters. The highest BCUT2D eigenvalue weighted by molar-refractivity contribution is 7.86. The Balaban J connectivity index is 1.95. The molecule has 2 rings (SSSR count). The Kier molecular flexibility index (Phi) is 5.70. The largest absolute Gasteiger partial charge is 0.480 e. The molecule has 5 nitrogen and oxygen atoms in total. The highest BCUT2D eigenvalue weighted by Gasteiger charge is 2.26. The van der Waals surface area contributed by atoms with Crippen molar-refractivity contribution in [2.24, 2.45) is 0 Å². The molecule has 1 aromatic rings. The van der Waals surface area contributed by atoms with Crippen LogP contribution in [0.25, 0.3) is 0 Å². The zero-order chi connectivity index (χ0) is 14.4. The van der Waals surface area contributed by atoms with Crippen LogP contribution < -0.4 is 0 Å². The number of benzene rings is 1. The van der Waals surface area contributed by atoms with Gasteiger partial charge in [-0.25, -0.2) is 0 Å². The first-order valence-electron chi connectivity index (χ1n) is 6.63. The predicted octanol–water partition coefficient (Wildman–Crippen LogP) is 0.893. The molecule has 0 radical (unpaired) electrons. The lowest BCUT2D eigenvalue weighted by Crippen LogP contribution is -2.39. The number of rotatable bonds is 6. The summed E-state index contributed by atoms with van der Waals surface area (Å²) in [6.45, 7) is 3.66. The number of carboxylic acids is 1. The van der Waals surface area contributed by atoms with E-state index in [1.54, 1.807) is 24.3 Å². The van der Waals surface area contributed by atoms with Crippen molar-refractivity contribution in [2.75, 3.05) is 38.6 Å². The Hall–Kier alpha value is -1.24. The average molecular weight is 297 g/mol. The van der Waals surface area contributed by atoms with Gasteiger partial charge in [0.1, 0.15) is 0 Å². The van der Waals surface area contributed by atoms with Crippen LogP contribution in [0.4, 0.5) is 0 Å². The third-order valence-electron chi connectivity index (χ3n) is 3.30. The first kappa shape index (κ1) is 15.2. The van der Waals surface area contributed by atoms with Crippen molar-refractivity contribution in [3.63, 3.8) is 0 Å². The molecular weight excluding hydrogens is 278 g/mol. The van der Waals surface area contributed by atoms with Gasteiger partial charge in [0.25, 0.3) is 0 Å². The molecule has 0 amide bonds. The zero-order valence-electron chi connectivity index (χ0n) is 11.2. The van der Waals surface area contributed by atoms with Gasteiger partial charge in [0.05, 0.1) is 13.2 Å². The van der Waals surface area contributed by atoms with Crippen LogP contribution in [0.15, 0.2) is 30.3 Å². The number of nitrogens with zero attached hydrogens (tertiary/aromatic N) is 1. The predicted molar refractivity (Wildman–Crippen MR) is 77.1 cm³/mol. The maximum atomic E-state index is 12.3. The second-order valence-corrected chi connectivity index (χ2v) is 6.31. The minimum absolute atomic E-state index is 0.367. The third-order valence-corrected chi connectivity index (χ3v) is 4.89. The van der Waals surface area contributed by atoms with E-state index >= 15 is 0 Å². The monoisotopic (exact) mass is 297 g/mol. The summed E-state index contributed by atoms with van der Waals surface area (Å²) in [6, 6.07) is 8.78. The Labute approximate surface area is 121 Å². The fourth-order valence-corrected chi connectivity index (χ4v) is 3.56. The summed E-state index contributed by atoms with van der Waals surface area (Å²) in [6.07, 6.45) is 0. The van der Waals surface area contributed by atoms with Crippen LogP contribution >= 0.6 is 0 Å². The standard InChI is InChI=1S/C14H19NO4S/c16-14(17)13(12-4-2-1-3-5-12)20(18)11-8-15-6-9-19-10-7-15/h1-5,13H,6-11H2,(H,16,17). The summed E-state index contributed by atoms with van der Waals surface area (Å²) < 4.78 is 17.6. The second kappa shape index (κ2) is 7.52. The van der Waals surface area contributed by atoms with E-state index in [9.17, 15) is 14.1 Å². The van der Waals surface area contributed by atoms with Crippen LogP contribution in [-0.4, -0.2) is 58.8 Å². The normalized spacial score (nSPS) is 19.4. The molecule has 1 N–H and O–H groups in total. The number of aliphatic carboxylic acids is 1. The molecule has 0 bridgehead atoms. The van der Waals surface area contributed by atoms with E-state index in [0.29, 0.717) is 31.1 Å². The topological polar surface area (TPSA) is 66.8 Å². The first-order valence-corrected chi connectivity index (χ1v) is 8.01. The highest BCUT2D eigenvalue weighted by Crippen LogP contribution is 2.20. The molecule has 2 atom stereocenters. The van der Waals surface area contributed by atoms with Gasteiger partial charge in [0.15, 0.2) is 5.25 Å². The Bertz CT molecular complexity index is 460. The van der Waals surface area contributed by atoms with E-state index in [2.05, 4.69) is 4.90 Å². The van der Waals surface area contributed by atoms with Gasteiger partial charge in [-0.3, -0.25) is 13.9 Å². The second-order valence-electron chi connectivity index (χ2n) is 4.67. The summed E-state index contributed by atoms with van der Waals surface area (Å²) in [5.74, 6) is -0.664. The average Bonchev–Trinajstić information content (AvgIpc) is 2.47. The SMILES string of the molecule is O=C(O)C(c1ccccc1)S(=O)CCN1CCOCC1. The fourth-order valence-electron chi connectivity index (χ4n) is 2.20. The van der Waals surface area contributed by atoms with Crippen LogP contribution in [0.2, 0.25) is 0 Å². The number of hydrogen-bond donors (Lipinski definition) is 1. The van der Waals surface area contributed by atoms with Crippen molar-refractivity contribution in [1.29, 1.82) is 0 Å². The third kappa shape index (κ3) is 4.13. The molecule has 1 aliphatic rings. The molecule has 0 spiro atoms. The molecular formula is C14H19NO4S. The van der Waals surface area contributed by atoms with Crippen LogP contribution in [0.3, 0.4) is 0 Å². The lowest BCUT2D eigenvalue weighted by atomic mass is 10.1. The van der Waals surface area contributed by atoms with Crippen molar-refractivity contribution in [3.8, 4) is 0 Å². The van der Waals surface area contributed by atoms with E-state index in [4.69, 9.17) is 4.74 Å². The minimum atomic E-state index is -1.42. The molecule has 6 heteroatoms. The summed E-state index contributed by atoms with van der Waals surface area (Å²) in [5.41, 5.74) is 0.598. The van der Waals surface area contributed by atoms with E-state index < -0.39 is 22.0 Å². The van der Waals surface area contributed by atoms with E-state index in [1.165, 1.54) is 0 Å². The van der Waals surface area contributed by atoms with Crippen LogP contribution in [0.5, 0.6) is 0 Å². The molecule has 1 fully saturated rings. The Morgan fingerprint density at radius 1 is 1.30 bits per heavy atom. The minimum Gasteiger partial charge on any atom is -0.480 e. The van der Waals surface area contributed by atoms with Gasteiger partial charge in [-0.1, -0.05) is 30.3 Å². The number of morpholine rings is 1. The van der Waals surface area contributed by atoms with Gasteiger partial charge in [-0.05, 0) is 5.56 Å². The van der Waals surface area contributed by atoms with E-state index in [-0.39, 0.29) is 0 Å². The lowest BCUT2D eigenvalue weighted by Gasteiger charge is -2.26. The maximum absolute atomic E-state index is 12.3. The molecule has 1 saturated heterocycles. The molecule has 110 valence electrons. The van der Waals surface area contributed by atoms with Gasteiger partial charge >= 0.3 is 5.97 Å². The molecule has 1 heterocycles. The summed E-state index contributed by atoms with van der Waals surface area (Å²) in [5, 5.41) is 8.36. The van der Waals surface area contributed by atoms with Crippen molar-refractivity contribution in [1.82, 2.24) is 4.90 Å². The summed E-state index contributed by atoms with van der Waals surface area (Å²) in [7, 11) is -1.42. The van der Waals surface area contributed by atoms with Crippen LogP contribution in [0, 0.1) is 0 Å². The number of hydrogen-bond acceptors (Lipinski definition) is 4. The van der Waals surface area contributed by atoms with Gasteiger partial charge in [-0.15, -0.1) is 0 Å². The number of ether oxygens (including phenoxy) is 1. The van der Waals surface area contributed by atoms with Crippen molar-refractivity contribution in [2.45, 2.75) is 5.25 Å². The van der Waals surface area contributed by atoms with Gasteiger partial charge < -0.3 is 9.84 Å². The molecule has 1 aliphatic heterocycles. The van der Waals surface area contributed by atoms with Gasteiger partial charge in [-0.2, -0.15) is 0 Å². The van der Waals surface area contributed by atoms with Crippen molar-refractivity contribution in [3.05, 3.63) is 35.9 Å². The maximum Gasteiger partial charge on any atom is 0.323 e. The Morgan fingerprint density at radius 2 is 1.95 bits per heavy atom. The first-order chi connectivity index (χ1) is 9.68. The molecule has 0 aliphatic carbocycles. The number of carboxylic acid groups (broad SMARTS) is 1. The van der Waals surface area contributed by atoms with E-state index in [1.807, 2.05) is 6.07 Å². The summed E-state index contributed by atoms with van der Waals surface area (Å²) in [4.78, 5) is 13.5. The quantitative estimate of drug-likeness (QED) is 0.845. The molecule has 0 aromatic heterocycles. The van der Waals surface area contributed by atoms with E-state index in [0.717, 1.165) is 13.1 Å². The smallest absolute Gasteiger partial charge is 0.323 e. The van der Waals surface area contributed by atoms with Crippen LogP contribution in [-0.2, 0) is 20.3 Å². The number of carbonyl (C=O) groups is 1. The van der Waals surface area contributed by atoms with Gasteiger partial charge in [0, 0.05) is 36.2 Å². The van der Waals surface area contributed by atoms with Crippen molar-refractivity contribution >= 4 is 16.8 Å². The van der Waals surface area contributed by atoms with Crippen LogP contribution in [0.1, 0.15) is 10.8 Å². The fraction of sp³-hybridized carbons (Fsp3) is 0.500. The highest BCUT2D eigenvalue weighted by atomic mass is 32.2. The summed E-state index contributed by atoms with van der Waals surface area (Å²) >= 11 is 0. The van der Waals surface area contributed by atoms with Crippen molar-refractivity contribution < 1.29 is 18.8 Å². The lowest BCUT2D eigenvalue weighted by molar-refractivity contribution is -0.136. The zero-order valence-corrected chi connectivity index (χ0v) is 12.1. The molecule has 1 aromatic carbocycles.